The lowest BCUT2D eigenvalue weighted by molar-refractivity contribution is 0.201. The van der Waals surface area contributed by atoms with E-state index >= 15 is 0 Å². The van der Waals surface area contributed by atoms with Crippen molar-refractivity contribution in [1.29, 1.82) is 0 Å². The Morgan fingerprint density at radius 2 is 2.04 bits per heavy atom. The summed E-state index contributed by atoms with van der Waals surface area (Å²) in [6.07, 6.45) is 10.1. The van der Waals surface area contributed by atoms with Gasteiger partial charge in [0.2, 0.25) is 0 Å². The van der Waals surface area contributed by atoms with Gasteiger partial charge in [-0.05, 0) is 51.2 Å². The number of rotatable bonds is 7. The van der Waals surface area contributed by atoms with Crippen molar-refractivity contribution in [2.45, 2.75) is 58.4 Å². The molecular formula is C18H32ClN3S. The maximum atomic E-state index is 4.43. The highest BCUT2D eigenvalue weighted by Crippen LogP contribution is 2.27. The van der Waals surface area contributed by atoms with Crippen LogP contribution in [0.2, 0.25) is 0 Å². The molecular weight excluding hydrogens is 326 g/mol. The predicted molar refractivity (Wildman–Crippen MR) is 102 cm³/mol. The van der Waals surface area contributed by atoms with Gasteiger partial charge in [-0.2, -0.15) is 0 Å². The van der Waals surface area contributed by atoms with Gasteiger partial charge in [0.05, 0.1) is 11.2 Å². The Hall–Kier alpha value is -0.160. The molecule has 132 valence electrons. The van der Waals surface area contributed by atoms with E-state index in [0.29, 0.717) is 0 Å². The van der Waals surface area contributed by atoms with Crippen LogP contribution in [0, 0.1) is 18.8 Å². The first-order valence-corrected chi connectivity index (χ1v) is 10.0. The van der Waals surface area contributed by atoms with E-state index in [0.717, 1.165) is 18.4 Å². The average molecular weight is 358 g/mol. The quantitative estimate of drug-likeness (QED) is 0.790. The second-order valence-corrected chi connectivity index (χ2v) is 8.19. The van der Waals surface area contributed by atoms with Crippen molar-refractivity contribution in [3.63, 3.8) is 0 Å². The average Bonchev–Trinajstić information content (AvgIpc) is 3.18. The van der Waals surface area contributed by atoms with Crippen LogP contribution in [-0.2, 0) is 6.54 Å². The third kappa shape index (κ3) is 6.00. The minimum Gasteiger partial charge on any atom is -0.316 e. The summed E-state index contributed by atoms with van der Waals surface area (Å²) in [5, 5.41) is 3.52. The van der Waals surface area contributed by atoms with Crippen molar-refractivity contribution in [2.75, 3.05) is 26.2 Å². The number of thiazole rings is 1. The largest absolute Gasteiger partial charge is 0.316 e. The summed E-state index contributed by atoms with van der Waals surface area (Å²) in [5.41, 5.74) is 3.23. The molecule has 23 heavy (non-hydrogen) atoms. The fourth-order valence-corrected chi connectivity index (χ4v) is 4.81. The van der Waals surface area contributed by atoms with E-state index in [2.05, 4.69) is 22.1 Å². The number of aryl methyl sites for hydroxylation is 1. The van der Waals surface area contributed by atoms with Gasteiger partial charge in [-0.1, -0.05) is 32.1 Å². The molecule has 1 aromatic heterocycles. The highest BCUT2D eigenvalue weighted by Gasteiger charge is 2.21. The fourth-order valence-electron chi connectivity index (χ4n) is 3.99. The van der Waals surface area contributed by atoms with Crippen LogP contribution in [0.25, 0.3) is 0 Å². The molecule has 1 saturated heterocycles. The van der Waals surface area contributed by atoms with Gasteiger partial charge in [0.15, 0.2) is 0 Å². The summed E-state index contributed by atoms with van der Waals surface area (Å²) < 4.78 is 0. The standard InChI is InChI=1S/C18H31N3S.ClH/c1-15-18(22-14-20-15)13-21(12-17-7-9-19-11-17)10-8-16-5-3-2-4-6-16;/h14,16-17,19H,2-13H2,1H3;1H. The molecule has 2 fully saturated rings. The zero-order chi connectivity index (χ0) is 15.2. The molecule has 0 radical (unpaired) electrons. The third-order valence-corrected chi connectivity index (χ3v) is 6.39. The van der Waals surface area contributed by atoms with Gasteiger partial charge in [-0.3, -0.25) is 4.90 Å². The minimum absolute atomic E-state index is 0. The van der Waals surface area contributed by atoms with Crippen molar-refractivity contribution in [2.24, 2.45) is 11.8 Å². The van der Waals surface area contributed by atoms with Gasteiger partial charge in [0.25, 0.3) is 0 Å². The highest BCUT2D eigenvalue weighted by atomic mass is 35.5. The lowest BCUT2D eigenvalue weighted by Crippen LogP contribution is -2.32. The monoisotopic (exact) mass is 357 g/mol. The predicted octanol–water partition coefficient (Wildman–Crippen LogP) is 4.26. The third-order valence-electron chi connectivity index (χ3n) is 5.47. The number of nitrogens with zero attached hydrogens (tertiary/aromatic N) is 2. The summed E-state index contributed by atoms with van der Waals surface area (Å²) in [7, 11) is 0. The number of aromatic nitrogens is 1. The van der Waals surface area contributed by atoms with Crippen LogP contribution in [0.5, 0.6) is 0 Å². The number of hydrogen-bond acceptors (Lipinski definition) is 4. The van der Waals surface area contributed by atoms with Crippen LogP contribution in [0.15, 0.2) is 5.51 Å². The zero-order valence-electron chi connectivity index (χ0n) is 14.4. The molecule has 0 aromatic carbocycles. The van der Waals surface area contributed by atoms with Gasteiger partial charge in [0.1, 0.15) is 0 Å². The Kier molecular flexibility index (Phi) is 8.31. The molecule has 3 rings (SSSR count). The van der Waals surface area contributed by atoms with E-state index in [1.807, 2.05) is 16.8 Å². The lowest BCUT2D eigenvalue weighted by Gasteiger charge is -2.28. The van der Waals surface area contributed by atoms with Crippen LogP contribution in [0.1, 0.15) is 55.5 Å². The van der Waals surface area contributed by atoms with Crippen LogP contribution < -0.4 is 5.32 Å². The lowest BCUT2D eigenvalue weighted by atomic mass is 9.87. The fraction of sp³-hybridized carbons (Fsp3) is 0.833. The van der Waals surface area contributed by atoms with Gasteiger partial charge in [-0.25, -0.2) is 4.98 Å². The van der Waals surface area contributed by atoms with Crippen LogP contribution in [0.3, 0.4) is 0 Å². The van der Waals surface area contributed by atoms with Gasteiger partial charge >= 0.3 is 0 Å². The summed E-state index contributed by atoms with van der Waals surface area (Å²) in [4.78, 5) is 8.61. The SMILES string of the molecule is Cc1ncsc1CN(CCC1CCCCC1)CC1CCNC1.Cl. The van der Waals surface area contributed by atoms with Crippen LogP contribution in [-0.4, -0.2) is 36.1 Å². The Morgan fingerprint density at radius 1 is 1.22 bits per heavy atom. The van der Waals surface area contributed by atoms with E-state index in [1.54, 1.807) is 0 Å². The topological polar surface area (TPSA) is 28.2 Å². The van der Waals surface area contributed by atoms with E-state index in [1.165, 1.54) is 81.7 Å². The second-order valence-electron chi connectivity index (χ2n) is 7.25. The summed E-state index contributed by atoms with van der Waals surface area (Å²) in [5.74, 6) is 1.83. The molecule has 0 bridgehead atoms. The maximum Gasteiger partial charge on any atom is 0.0798 e. The first-order valence-electron chi connectivity index (χ1n) is 9.13. The molecule has 2 heterocycles. The Morgan fingerprint density at radius 3 is 2.70 bits per heavy atom. The molecule has 1 unspecified atom stereocenters. The first-order chi connectivity index (χ1) is 10.8. The molecule has 1 aromatic rings. The molecule has 1 aliphatic carbocycles. The maximum absolute atomic E-state index is 4.43. The Labute approximate surface area is 151 Å². The minimum atomic E-state index is 0. The smallest absolute Gasteiger partial charge is 0.0798 e. The molecule has 0 amide bonds. The second kappa shape index (κ2) is 9.97. The van der Waals surface area contributed by atoms with E-state index in [4.69, 9.17) is 0 Å². The number of hydrogen-bond donors (Lipinski definition) is 1. The van der Waals surface area contributed by atoms with Crippen molar-refractivity contribution < 1.29 is 0 Å². The number of nitrogens with one attached hydrogen (secondary N) is 1. The van der Waals surface area contributed by atoms with Gasteiger partial charge < -0.3 is 5.32 Å². The molecule has 1 aliphatic heterocycles. The molecule has 2 aliphatic rings. The van der Waals surface area contributed by atoms with Crippen molar-refractivity contribution >= 4 is 23.7 Å². The Bertz CT molecular complexity index is 439. The van der Waals surface area contributed by atoms with Crippen molar-refractivity contribution in [3.05, 3.63) is 16.1 Å². The Balaban J connectivity index is 0.00000192. The van der Waals surface area contributed by atoms with Crippen LogP contribution >= 0.6 is 23.7 Å². The summed E-state index contributed by atoms with van der Waals surface area (Å²) in [6, 6.07) is 0. The van der Waals surface area contributed by atoms with E-state index < -0.39 is 0 Å². The van der Waals surface area contributed by atoms with Crippen molar-refractivity contribution in [3.8, 4) is 0 Å². The van der Waals surface area contributed by atoms with Crippen LogP contribution in [0.4, 0.5) is 0 Å². The normalized spacial score (nSPS) is 22.4. The van der Waals surface area contributed by atoms with E-state index in [9.17, 15) is 0 Å². The number of halogens is 1. The molecule has 1 N–H and O–H groups in total. The van der Waals surface area contributed by atoms with E-state index in [-0.39, 0.29) is 12.4 Å². The van der Waals surface area contributed by atoms with Crippen molar-refractivity contribution in [1.82, 2.24) is 15.2 Å². The highest BCUT2D eigenvalue weighted by molar-refractivity contribution is 7.09. The zero-order valence-corrected chi connectivity index (χ0v) is 16.1. The molecule has 1 saturated carbocycles. The molecule has 0 spiro atoms. The first kappa shape index (κ1) is 19.2. The summed E-state index contributed by atoms with van der Waals surface area (Å²) >= 11 is 1.83. The summed E-state index contributed by atoms with van der Waals surface area (Å²) in [6.45, 7) is 8.22. The van der Waals surface area contributed by atoms with Gasteiger partial charge in [0, 0.05) is 18.0 Å². The molecule has 5 heteroatoms. The molecule has 1 atom stereocenters. The molecule has 3 nitrogen and oxygen atoms in total. The van der Waals surface area contributed by atoms with Gasteiger partial charge in [-0.15, -0.1) is 23.7 Å².